The summed E-state index contributed by atoms with van der Waals surface area (Å²) in [4.78, 5) is 0. The summed E-state index contributed by atoms with van der Waals surface area (Å²) < 4.78 is 63.1. The van der Waals surface area contributed by atoms with Crippen molar-refractivity contribution in [3.8, 4) is 0 Å². The molecule has 0 saturated heterocycles. The smallest absolute Gasteiger partial charge is 0.485 e. The van der Waals surface area contributed by atoms with Crippen LogP contribution in [0.4, 0.5) is 13.2 Å². The Morgan fingerprint density at radius 1 is 1.30 bits per heavy atom. The highest BCUT2D eigenvalue weighted by Gasteiger charge is 2.36. The topological polar surface area (TPSA) is 106 Å². The number of nitrogens with zero attached hydrogens (tertiary/aromatic N) is 2. The van der Waals surface area contributed by atoms with Crippen molar-refractivity contribution in [3.05, 3.63) is 18.7 Å². The molecule has 1 rings (SSSR count). The summed E-state index contributed by atoms with van der Waals surface area (Å²) in [5.74, 6) is 0. The number of aryl methyl sites for hydroxylation is 2. The van der Waals surface area contributed by atoms with Gasteiger partial charge in [0.1, 0.15) is 12.4 Å². The number of alkyl halides is 3. The van der Waals surface area contributed by atoms with Crippen molar-refractivity contribution in [2.24, 2.45) is 7.05 Å². The van der Waals surface area contributed by atoms with Gasteiger partial charge in [-0.1, -0.05) is 0 Å². The molecular formula is C9H17F3N2O5S. The number of imidazole rings is 1. The first-order valence-electron chi connectivity index (χ1n) is 5.24. The van der Waals surface area contributed by atoms with Crippen LogP contribution < -0.4 is 4.57 Å². The zero-order valence-corrected chi connectivity index (χ0v) is 11.7. The van der Waals surface area contributed by atoms with Gasteiger partial charge >= 0.3 is 5.51 Å². The summed E-state index contributed by atoms with van der Waals surface area (Å²) in [7, 11) is -4.07. The van der Waals surface area contributed by atoms with Crippen molar-refractivity contribution >= 4 is 10.1 Å². The van der Waals surface area contributed by atoms with Gasteiger partial charge in [-0.25, -0.2) is 17.6 Å². The van der Waals surface area contributed by atoms with E-state index in [2.05, 4.69) is 24.0 Å². The fourth-order valence-electron chi connectivity index (χ4n) is 0.689. The van der Waals surface area contributed by atoms with E-state index in [0.717, 1.165) is 6.54 Å². The molecule has 0 aliphatic carbocycles. The molecule has 0 aromatic carbocycles. The van der Waals surface area contributed by atoms with E-state index in [1.807, 2.05) is 17.8 Å². The average molecular weight is 322 g/mol. The van der Waals surface area contributed by atoms with Crippen LogP contribution in [0.5, 0.6) is 0 Å². The molecule has 0 fully saturated rings. The van der Waals surface area contributed by atoms with E-state index in [9.17, 15) is 13.2 Å². The Bertz CT molecular complexity index is 456. The first-order valence-corrected chi connectivity index (χ1v) is 6.65. The van der Waals surface area contributed by atoms with Crippen LogP contribution in [-0.4, -0.2) is 46.5 Å². The molecule has 0 atom stereocenters. The van der Waals surface area contributed by atoms with Crippen LogP contribution >= 0.6 is 0 Å². The average Bonchev–Trinajstić information content (AvgIpc) is 2.74. The molecule has 2 N–H and O–H groups in total. The van der Waals surface area contributed by atoms with Gasteiger partial charge in [0.2, 0.25) is 6.33 Å². The molecule has 0 bridgehead atoms. The minimum absolute atomic E-state index is 0.125. The van der Waals surface area contributed by atoms with Crippen LogP contribution in [0.25, 0.3) is 0 Å². The van der Waals surface area contributed by atoms with E-state index >= 15 is 0 Å². The van der Waals surface area contributed by atoms with Crippen molar-refractivity contribution in [1.82, 2.24) is 4.57 Å². The van der Waals surface area contributed by atoms with Crippen LogP contribution in [0, 0.1) is 0 Å². The van der Waals surface area contributed by atoms with Gasteiger partial charge in [0.25, 0.3) is 0 Å². The number of rotatable bonds is 2. The predicted octanol–water partition coefficient (Wildman–Crippen LogP) is -0.645. The number of hydrogen-bond acceptors (Lipinski definition) is 5. The van der Waals surface area contributed by atoms with Gasteiger partial charge in [0.05, 0.1) is 26.8 Å². The second-order valence-electron chi connectivity index (χ2n) is 3.26. The van der Waals surface area contributed by atoms with Crippen molar-refractivity contribution in [1.29, 1.82) is 0 Å². The summed E-state index contributed by atoms with van der Waals surface area (Å²) >= 11 is 0. The molecule has 0 saturated carbocycles. The normalized spacial score (nSPS) is 11.0. The summed E-state index contributed by atoms with van der Waals surface area (Å²) in [5, 5.41) is 15.2. The molecule has 120 valence electrons. The van der Waals surface area contributed by atoms with Gasteiger partial charge in [0, 0.05) is 0 Å². The summed E-state index contributed by atoms with van der Waals surface area (Å²) in [6, 6.07) is 0. The Balaban J connectivity index is 0. The lowest BCUT2D eigenvalue weighted by Gasteiger charge is -2.08. The zero-order chi connectivity index (χ0) is 16.4. The minimum atomic E-state index is -6.09. The number of aromatic nitrogens is 2. The van der Waals surface area contributed by atoms with Crippen molar-refractivity contribution in [2.75, 3.05) is 13.2 Å². The van der Waals surface area contributed by atoms with Gasteiger partial charge < -0.3 is 14.8 Å². The largest absolute Gasteiger partial charge is 0.741 e. The molecule has 20 heavy (non-hydrogen) atoms. The highest BCUT2D eigenvalue weighted by atomic mass is 32.2. The fraction of sp³-hybridized carbons (Fsp3) is 0.667. The third-order valence-electron chi connectivity index (χ3n) is 1.57. The molecule has 0 radical (unpaired) electrons. The molecule has 11 heteroatoms. The maximum Gasteiger partial charge on any atom is 0.485 e. The van der Waals surface area contributed by atoms with E-state index < -0.39 is 15.6 Å². The molecule has 1 heterocycles. The van der Waals surface area contributed by atoms with Gasteiger partial charge in [-0.05, 0) is 6.92 Å². The lowest BCUT2D eigenvalue weighted by molar-refractivity contribution is -0.693. The van der Waals surface area contributed by atoms with Gasteiger partial charge in [-0.3, -0.25) is 0 Å². The predicted molar refractivity (Wildman–Crippen MR) is 61.2 cm³/mol. The first-order chi connectivity index (χ1) is 8.99. The Labute approximate surface area is 114 Å². The van der Waals surface area contributed by atoms with E-state index in [0.29, 0.717) is 0 Å². The van der Waals surface area contributed by atoms with Gasteiger partial charge in [0.15, 0.2) is 10.1 Å². The Kier molecular flexibility index (Phi) is 10.2. The van der Waals surface area contributed by atoms with E-state index in [1.54, 1.807) is 0 Å². The first kappa shape index (κ1) is 21.1. The molecule has 0 unspecified atom stereocenters. The Morgan fingerprint density at radius 3 is 1.80 bits per heavy atom. The second-order valence-corrected chi connectivity index (χ2v) is 4.63. The Hall–Kier alpha value is -1.17. The van der Waals surface area contributed by atoms with Crippen molar-refractivity contribution < 1.29 is 40.9 Å². The quantitative estimate of drug-likeness (QED) is 0.428. The SMILES string of the molecule is CC[n+]1ccn(C)c1.O=S(=O)([O-])C(F)(F)F.OCCO. The van der Waals surface area contributed by atoms with E-state index in [-0.39, 0.29) is 13.2 Å². The molecular weight excluding hydrogens is 305 g/mol. The highest BCUT2D eigenvalue weighted by molar-refractivity contribution is 7.86. The maximum atomic E-state index is 10.7. The molecule has 1 aromatic heterocycles. The van der Waals surface area contributed by atoms with Gasteiger partial charge in [-0.2, -0.15) is 13.2 Å². The van der Waals surface area contributed by atoms with Crippen LogP contribution in [0.2, 0.25) is 0 Å². The molecule has 0 amide bonds. The number of aliphatic hydroxyl groups excluding tert-OH is 2. The third-order valence-corrected chi connectivity index (χ3v) is 2.14. The molecule has 0 aliphatic heterocycles. The number of aliphatic hydroxyl groups is 2. The van der Waals surface area contributed by atoms with Crippen LogP contribution in [0.15, 0.2) is 18.7 Å². The minimum Gasteiger partial charge on any atom is -0.741 e. The van der Waals surface area contributed by atoms with Crippen molar-refractivity contribution in [2.45, 2.75) is 19.0 Å². The molecule has 0 spiro atoms. The Morgan fingerprint density at radius 2 is 1.70 bits per heavy atom. The van der Waals surface area contributed by atoms with E-state index in [4.69, 9.17) is 23.2 Å². The lowest BCUT2D eigenvalue weighted by atomic mass is 10.7. The lowest BCUT2D eigenvalue weighted by Crippen LogP contribution is -2.28. The highest BCUT2D eigenvalue weighted by Crippen LogP contribution is 2.20. The van der Waals surface area contributed by atoms with Gasteiger partial charge in [-0.15, -0.1) is 0 Å². The summed E-state index contributed by atoms with van der Waals surface area (Å²) in [5.41, 5.74) is -5.65. The third kappa shape index (κ3) is 10.7. The van der Waals surface area contributed by atoms with Crippen LogP contribution in [0.3, 0.4) is 0 Å². The monoisotopic (exact) mass is 322 g/mol. The van der Waals surface area contributed by atoms with Crippen LogP contribution in [-0.2, 0) is 23.7 Å². The van der Waals surface area contributed by atoms with Crippen LogP contribution in [0.1, 0.15) is 6.92 Å². The fourth-order valence-corrected chi connectivity index (χ4v) is 0.689. The summed E-state index contributed by atoms with van der Waals surface area (Å²) in [6.45, 7) is 2.93. The van der Waals surface area contributed by atoms with Crippen molar-refractivity contribution in [3.63, 3.8) is 0 Å². The van der Waals surface area contributed by atoms with E-state index in [1.165, 1.54) is 0 Å². The number of hydrogen-bond donors (Lipinski definition) is 2. The molecule has 0 aliphatic rings. The zero-order valence-electron chi connectivity index (χ0n) is 10.9. The summed E-state index contributed by atoms with van der Waals surface area (Å²) in [6.07, 6.45) is 6.14. The maximum absolute atomic E-state index is 10.7. The second kappa shape index (κ2) is 9.69. The molecule has 1 aromatic rings. The molecule has 7 nitrogen and oxygen atoms in total. The standard InChI is InChI=1S/C6H11N2.C2H6O2.CHF3O3S/c1-3-8-5-4-7(2)6-8;3-1-2-4;2-1(3,4)8(5,6)7/h4-6H,3H2,1-2H3;3-4H,1-2H2;(H,5,6,7)/q+1;;/p-1. The number of halogens is 3.